The molecule has 4 heavy (non-hydrogen) atoms. The summed E-state index contributed by atoms with van der Waals surface area (Å²) < 4.78 is 0. The second kappa shape index (κ2) is 11.2. The van der Waals surface area contributed by atoms with Gasteiger partial charge in [-0.15, -0.1) is 0 Å². The molecule has 0 fully saturated rings. The first kappa shape index (κ1) is 8.92. The molecule has 0 heterocycles. The number of nitrogens with one attached hydrogen (secondary N) is 2. The molecule has 0 aliphatic carbocycles. The Morgan fingerprint density at radius 3 is 1.25 bits per heavy atom. The fourth-order valence-corrected chi connectivity index (χ4v) is 0. The molecule has 27 valence electrons. The average Bonchev–Trinajstić information content (AvgIpc) is 0.918. The molecular formula is CH2AuN2. The van der Waals surface area contributed by atoms with Gasteiger partial charge in [0.15, 0.2) is 0 Å². The Morgan fingerprint density at radius 2 is 1.25 bits per heavy atom. The Labute approximate surface area is 39.7 Å². The Morgan fingerprint density at radius 1 is 1.25 bits per heavy atom. The molecule has 0 aromatic carbocycles. The van der Waals surface area contributed by atoms with Gasteiger partial charge in [-0.3, -0.25) is 0 Å². The van der Waals surface area contributed by atoms with Crippen LogP contribution in [0.2, 0.25) is 0 Å². The molecule has 0 amide bonds. The first-order valence-electron chi connectivity index (χ1n) is 0.500. The normalized spacial score (nSPS) is 2.00. The van der Waals surface area contributed by atoms with Crippen molar-refractivity contribution in [1.29, 1.82) is 10.8 Å². The first-order valence-corrected chi connectivity index (χ1v) is 0.500. The van der Waals surface area contributed by atoms with Crippen LogP contribution < -0.4 is 0 Å². The van der Waals surface area contributed by atoms with Crippen LogP contribution in [0.4, 0.5) is 0 Å². The summed E-state index contributed by atoms with van der Waals surface area (Å²) in [6.45, 7) is 0. The van der Waals surface area contributed by atoms with Crippen molar-refractivity contribution in [3.8, 4) is 0 Å². The van der Waals surface area contributed by atoms with Gasteiger partial charge in [0.2, 0.25) is 0 Å². The zero-order chi connectivity index (χ0) is 2.71. The topological polar surface area (TPSA) is 47.7 Å². The van der Waals surface area contributed by atoms with Gasteiger partial charge in [-0.1, -0.05) is 0 Å². The Balaban J connectivity index is 0. The molecule has 2 N–H and O–H groups in total. The smallest absolute Gasteiger partial charge is 0.0831 e. The largest absolute Gasteiger partial charge is 0.242 e. The van der Waals surface area contributed by atoms with Gasteiger partial charge in [-0.2, -0.15) is 0 Å². The quantitative estimate of drug-likeness (QED) is 0.451. The van der Waals surface area contributed by atoms with Gasteiger partial charge in [0.25, 0.3) is 0 Å². The van der Waals surface area contributed by atoms with E-state index in [9.17, 15) is 0 Å². The minimum absolute atomic E-state index is 0. The van der Waals surface area contributed by atoms with Crippen molar-refractivity contribution in [2.45, 2.75) is 0 Å². The van der Waals surface area contributed by atoms with E-state index in [1.165, 1.54) is 6.01 Å². The Hall–Kier alpha value is 0.120. The molecule has 0 spiro atoms. The number of hydrogen-bond acceptors (Lipinski definition) is 2. The van der Waals surface area contributed by atoms with Crippen molar-refractivity contribution >= 4 is 6.01 Å². The van der Waals surface area contributed by atoms with E-state index in [4.69, 9.17) is 10.8 Å². The minimum Gasteiger partial charge on any atom is -0.242 e. The first-order chi connectivity index (χ1) is 1.41. The fourth-order valence-electron chi connectivity index (χ4n) is 0. The summed E-state index contributed by atoms with van der Waals surface area (Å²) in [6, 6.07) is 1.25. The molecular weight excluding hydrogens is 237 g/mol. The van der Waals surface area contributed by atoms with E-state index < -0.39 is 0 Å². The third-order valence-corrected chi connectivity index (χ3v) is 0. The summed E-state index contributed by atoms with van der Waals surface area (Å²) in [6.07, 6.45) is 0. The van der Waals surface area contributed by atoms with Crippen LogP contribution in [-0.2, 0) is 22.4 Å². The summed E-state index contributed by atoms with van der Waals surface area (Å²) >= 11 is 0. The van der Waals surface area contributed by atoms with Gasteiger partial charge in [-0.05, 0) is 0 Å². The van der Waals surface area contributed by atoms with Gasteiger partial charge in [0, 0.05) is 22.4 Å². The third-order valence-electron chi connectivity index (χ3n) is 0. The van der Waals surface area contributed by atoms with E-state index in [0.717, 1.165) is 0 Å². The van der Waals surface area contributed by atoms with Gasteiger partial charge >= 0.3 is 0 Å². The Kier molecular flexibility index (Phi) is 24.9. The molecule has 0 atom stereocenters. The van der Waals surface area contributed by atoms with Crippen LogP contribution >= 0.6 is 0 Å². The van der Waals surface area contributed by atoms with E-state index in [2.05, 4.69) is 0 Å². The van der Waals surface area contributed by atoms with Crippen molar-refractivity contribution < 1.29 is 22.4 Å². The van der Waals surface area contributed by atoms with Crippen molar-refractivity contribution in [2.24, 2.45) is 0 Å². The van der Waals surface area contributed by atoms with Crippen LogP contribution in [0.3, 0.4) is 0 Å². The zero-order valence-electron chi connectivity index (χ0n) is 1.80. The minimum atomic E-state index is 0. The van der Waals surface area contributed by atoms with E-state index in [1.807, 2.05) is 0 Å². The van der Waals surface area contributed by atoms with Gasteiger partial charge in [0.1, 0.15) is 0 Å². The maximum atomic E-state index is 5.62. The Bertz CT molecular complexity index is 27.0. The summed E-state index contributed by atoms with van der Waals surface area (Å²) in [4.78, 5) is 0. The molecule has 0 unspecified atom stereocenters. The SMILES string of the molecule is N=C=N.[Au]. The van der Waals surface area contributed by atoms with Crippen molar-refractivity contribution in [1.82, 2.24) is 0 Å². The number of hydrogen-bond donors (Lipinski definition) is 2. The molecule has 0 aliphatic rings. The van der Waals surface area contributed by atoms with Crippen molar-refractivity contribution in [2.75, 3.05) is 0 Å². The average molecular weight is 239 g/mol. The monoisotopic (exact) mass is 239 g/mol. The van der Waals surface area contributed by atoms with Crippen LogP contribution in [-0.4, -0.2) is 6.01 Å². The molecule has 3 heteroatoms. The van der Waals surface area contributed by atoms with Gasteiger partial charge in [0.05, 0.1) is 6.01 Å². The molecule has 0 bridgehead atoms. The van der Waals surface area contributed by atoms with E-state index in [1.54, 1.807) is 0 Å². The molecule has 0 aliphatic heterocycles. The van der Waals surface area contributed by atoms with E-state index in [0.29, 0.717) is 0 Å². The van der Waals surface area contributed by atoms with Gasteiger partial charge < -0.3 is 0 Å². The van der Waals surface area contributed by atoms with E-state index >= 15 is 0 Å². The second-order valence-corrected chi connectivity index (χ2v) is 0.125. The summed E-state index contributed by atoms with van der Waals surface area (Å²) in [5.74, 6) is 0. The second-order valence-electron chi connectivity index (χ2n) is 0.125. The zero-order valence-corrected chi connectivity index (χ0v) is 3.97. The fraction of sp³-hybridized carbons (Fsp3) is 0. The summed E-state index contributed by atoms with van der Waals surface area (Å²) in [5.41, 5.74) is 0. The molecule has 1 radical (unpaired) electrons. The predicted octanol–water partition coefficient (Wildman–Crippen LogP) is 0.315. The van der Waals surface area contributed by atoms with Crippen molar-refractivity contribution in [3.63, 3.8) is 0 Å². The number of rotatable bonds is 0. The van der Waals surface area contributed by atoms with Crippen LogP contribution in [0, 0.1) is 10.8 Å². The maximum Gasteiger partial charge on any atom is 0.0831 e. The molecule has 0 aromatic rings. The van der Waals surface area contributed by atoms with Gasteiger partial charge in [-0.25, -0.2) is 10.8 Å². The van der Waals surface area contributed by atoms with Crippen molar-refractivity contribution in [3.05, 3.63) is 0 Å². The summed E-state index contributed by atoms with van der Waals surface area (Å²) in [5, 5.41) is 11.2. The van der Waals surface area contributed by atoms with Crippen LogP contribution in [0.25, 0.3) is 0 Å². The molecule has 0 saturated heterocycles. The van der Waals surface area contributed by atoms with Crippen LogP contribution in [0.1, 0.15) is 0 Å². The summed E-state index contributed by atoms with van der Waals surface area (Å²) in [7, 11) is 0. The van der Waals surface area contributed by atoms with Crippen LogP contribution in [0.5, 0.6) is 0 Å². The molecule has 2 nitrogen and oxygen atoms in total. The molecule has 0 saturated carbocycles. The van der Waals surface area contributed by atoms with Crippen LogP contribution in [0.15, 0.2) is 0 Å². The van der Waals surface area contributed by atoms with E-state index in [-0.39, 0.29) is 22.4 Å². The third kappa shape index (κ3) is 184. The maximum absolute atomic E-state index is 5.62. The standard InChI is InChI=1S/CH2N2.Au/c2-1-3;/h2-3H;. The molecule has 0 aromatic heterocycles. The molecule has 0 rings (SSSR count). The predicted molar refractivity (Wildman–Crippen MR) is 10.4 cm³/mol.